The molecule has 1 radical (unpaired) electrons. The molecular formula is C39H36IrN3-. The van der Waals surface area contributed by atoms with Gasteiger partial charge in [0, 0.05) is 43.6 Å². The van der Waals surface area contributed by atoms with E-state index in [0.717, 1.165) is 39.5 Å². The third-order valence-electron chi connectivity index (χ3n) is 7.47. The van der Waals surface area contributed by atoms with E-state index in [-0.39, 0.29) is 20.1 Å². The average molecular weight is 739 g/mol. The minimum atomic E-state index is 0. The number of hydrogen-bond donors (Lipinski definition) is 0. The number of aryl methyl sites for hydroxylation is 6. The van der Waals surface area contributed by atoms with Gasteiger partial charge in [-0.25, -0.2) is 4.57 Å². The zero-order valence-electron chi connectivity index (χ0n) is 25.6. The van der Waals surface area contributed by atoms with Crippen molar-refractivity contribution >= 4 is 0 Å². The molecule has 3 aromatic heterocycles. The molecule has 6 rings (SSSR count). The molecule has 6 aromatic rings. The number of pyridine rings is 3. The molecule has 0 saturated heterocycles. The molecule has 0 atom stereocenters. The van der Waals surface area contributed by atoms with Gasteiger partial charge >= 0.3 is 0 Å². The van der Waals surface area contributed by atoms with Crippen molar-refractivity contribution in [3.63, 3.8) is 0 Å². The van der Waals surface area contributed by atoms with E-state index in [2.05, 4.69) is 124 Å². The molecule has 0 fully saturated rings. The van der Waals surface area contributed by atoms with Gasteiger partial charge < -0.3 is 0 Å². The van der Waals surface area contributed by atoms with Crippen molar-refractivity contribution in [1.82, 2.24) is 9.97 Å². The molecule has 0 aliphatic carbocycles. The zero-order valence-corrected chi connectivity index (χ0v) is 28.0. The monoisotopic (exact) mass is 739 g/mol. The largest absolute Gasteiger partial charge is 0.296 e. The van der Waals surface area contributed by atoms with Gasteiger partial charge in [-0.3, -0.25) is 9.97 Å². The zero-order chi connectivity index (χ0) is 29.6. The Balaban J connectivity index is 0.000000192. The van der Waals surface area contributed by atoms with Crippen LogP contribution in [0.1, 0.15) is 27.8 Å². The van der Waals surface area contributed by atoms with E-state index in [0.29, 0.717) is 0 Å². The van der Waals surface area contributed by atoms with Gasteiger partial charge in [0.15, 0.2) is 6.20 Å². The molecule has 43 heavy (non-hydrogen) atoms. The second-order valence-electron chi connectivity index (χ2n) is 10.7. The molecule has 3 nitrogen and oxygen atoms in total. The van der Waals surface area contributed by atoms with Crippen LogP contribution in [0.2, 0.25) is 0 Å². The van der Waals surface area contributed by atoms with Crippen LogP contribution < -0.4 is 4.57 Å². The molecule has 0 spiro atoms. The fourth-order valence-electron chi connectivity index (χ4n) is 5.29. The van der Waals surface area contributed by atoms with Crippen molar-refractivity contribution < 1.29 is 24.7 Å². The summed E-state index contributed by atoms with van der Waals surface area (Å²) in [6, 6.07) is 39.9. The molecule has 0 unspecified atom stereocenters. The minimum absolute atomic E-state index is 0. The van der Waals surface area contributed by atoms with Crippen LogP contribution in [-0.4, -0.2) is 9.97 Å². The average Bonchev–Trinajstić information content (AvgIpc) is 3.00. The van der Waals surface area contributed by atoms with E-state index in [4.69, 9.17) is 4.98 Å². The molecule has 0 aliphatic rings. The quantitative estimate of drug-likeness (QED) is 0.134. The molecular weight excluding hydrogens is 703 g/mol. The minimum Gasteiger partial charge on any atom is -0.296 e. The summed E-state index contributed by atoms with van der Waals surface area (Å²) >= 11 is 0. The Bertz CT molecular complexity index is 1690. The van der Waals surface area contributed by atoms with Gasteiger partial charge in [0.25, 0.3) is 0 Å². The van der Waals surface area contributed by atoms with E-state index in [1.165, 1.54) is 33.4 Å². The SMILES string of the molecule is Cc1cc(C)c(-c2cccc[n+]2C)[c-]c1-c1ccccn1.Cc1ccccc1-c1nc(-c2[c-]cccc2)c(C)cc1C.[Ir]. The van der Waals surface area contributed by atoms with Crippen molar-refractivity contribution in [3.8, 4) is 45.0 Å². The van der Waals surface area contributed by atoms with Crippen molar-refractivity contribution in [2.75, 3.05) is 0 Å². The number of hydrogen-bond acceptors (Lipinski definition) is 2. The van der Waals surface area contributed by atoms with Gasteiger partial charge in [-0.05, 0) is 55.3 Å². The molecule has 3 aromatic carbocycles. The Morgan fingerprint density at radius 3 is 2.00 bits per heavy atom. The van der Waals surface area contributed by atoms with Gasteiger partial charge in [-0.15, -0.1) is 59.2 Å². The van der Waals surface area contributed by atoms with Crippen molar-refractivity contribution in [3.05, 3.63) is 149 Å². The fourth-order valence-corrected chi connectivity index (χ4v) is 5.29. The summed E-state index contributed by atoms with van der Waals surface area (Å²) in [7, 11) is 2.06. The van der Waals surface area contributed by atoms with Gasteiger partial charge in [0.2, 0.25) is 0 Å². The summed E-state index contributed by atoms with van der Waals surface area (Å²) in [5.41, 5.74) is 14.7. The molecule has 0 N–H and O–H groups in total. The number of aromatic nitrogens is 3. The van der Waals surface area contributed by atoms with E-state index >= 15 is 0 Å². The van der Waals surface area contributed by atoms with Crippen LogP contribution in [0.4, 0.5) is 0 Å². The van der Waals surface area contributed by atoms with Gasteiger partial charge in [-0.1, -0.05) is 73.5 Å². The maximum atomic E-state index is 4.94. The van der Waals surface area contributed by atoms with Gasteiger partial charge in [0.05, 0.1) is 5.69 Å². The smallest absolute Gasteiger partial charge is 0.161 e. The Morgan fingerprint density at radius 1 is 0.628 bits per heavy atom. The maximum Gasteiger partial charge on any atom is 0.161 e. The Kier molecular flexibility index (Phi) is 10.5. The summed E-state index contributed by atoms with van der Waals surface area (Å²) in [6.45, 7) is 10.6. The summed E-state index contributed by atoms with van der Waals surface area (Å²) in [6.07, 6.45) is 3.88. The van der Waals surface area contributed by atoms with Crippen LogP contribution in [0.15, 0.2) is 109 Å². The first kappa shape index (κ1) is 31.7. The first-order chi connectivity index (χ1) is 20.3. The molecule has 3 heterocycles. The van der Waals surface area contributed by atoms with Crippen molar-refractivity contribution in [1.29, 1.82) is 0 Å². The molecule has 4 heteroatoms. The molecule has 0 bridgehead atoms. The second kappa shape index (κ2) is 14.3. The van der Waals surface area contributed by atoms with Crippen LogP contribution in [-0.2, 0) is 27.2 Å². The van der Waals surface area contributed by atoms with E-state index in [1.807, 2.05) is 48.7 Å². The molecule has 0 saturated carbocycles. The number of rotatable bonds is 4. The topological polar surface area (TPSA) is 29.7 Å². The number of nitrogens with zero attached hydrogens (tertiary/aromatic N) is 3. The summed E-state index contributed by atoms with van der Waals surface area (Å²) in [5, 5.41) is 0. The predicted molar refractivity (Wildman–Crippen MR) is 173 cm³/mol. The maximum absolute atomic E-state index is 4.94. The Morgan fingerprint density at radius 2 is 1.30 bits per heavy atom. The molecule has 0 aliphatic heterocycles. The number of benzene rings is 3. The van der Waals surface area contributed by atoms with Gasteiger partial charge in [0.1, 0.15) is 12.7 Å². The van der Waals surface area contributed by atoms with Gasteiger partial charge in [-0.2, -0.15) is 0 Å². The Labute approximate surface area is 269 Å². The predicted octanol–water partition coefficient (Wildman–Crippen LogP) is 8.80. The summed E-state index contributed by atoms with van der Waals surface area (Å²) in [5.74, 6) is 0. The molecule has 217 valence electrons. The normalized spacial score (nSPS) is 10.4. The first-order valence-corrected chi connectivity index (χ1v) is 14.2. The second-order valence-corrected chi connectivity index (χ2v) is 10.7. The van der Waals surface area contributed by atoms with Crippen LogP contribution in [0, 0.1) is 46.8 Å². The van der Waals surface area contributed by atoms with Crippen molar-refractivity contribution in [2.24, 2.45) is 7.05 Å². The van der Waals surface area contributed by atoms with Crippen LogP contribution in [0.3, 0.4) is 0 Å². The summed E-state index contributed by atoms with van der Waals surface area (Å²) < 4.78 is 2.12. The van der Waals surface area contributed by atoms with E-state index in [1.54, 1.807) is 0 Å². The van der Waals surface area contributed by atoms with Crippen molar-refractivity contribution in [2.45, 2.75) is 34.6 Å². The fraction of sp³-hybridized carbons (Fsp3) is 0.154. The third kappa shape index (κ3) is 7.22. The van der Waals surface area contributed by atoms with E-state index < -0.39 is 0 Å². The standard InChI is InChI=1S/C20H18N.C19H18N2.Ir/c1-14-9-7-8-12-18(14)20-16(3)13-15(2)19(21-20)17-10-5-4-6-11-17;1-14-12-15(2)17(19-9-5-7-11-21(19)3)13-16(14)18-8-4-6-10-20-18;/h4-10,12-13H,1-3H3;4-12H,1-3H3;/q-1;;. The van der Waals surface area contributed by atoms with Crippen LogP contribution in [0.25, 0.3) is 45.0 Å². The first-order valence-electron chi connectivity index (χ1n) is 14.2. The van der Waals surface area contributed by atoms with Crippen LogP contribution >= 0.6 is 0 Å². The third-order valence-corrected chi connectivity index (χ3v) is 7.47. The Hall–Kier alpha value is -4.24. The summed E-state index contributed by atoms with van der Waals surface area (Å²) in [4.78, 5) is 9.40. The van der Waals surface area contributed by atoms with E-state index in [9.17, 15) is 0 Å². The van der Waals surface area contributed by atoms with Crippen LogP contribution in [0.5, 0.6) is 0 Å². The molecule has 0 amide bonds.